The average Bonchev–Trinajstić information content (AvgIpc) is 2.33. The van der Waals surface area contributed by atoms with E-state index >= 15 is 0 Å². The van der Waals surface area contributed by atoms with Crippen molar-refractivity contribution in [3.05, 3.63) is 28.6 Å². The summed E-state index contributed by atoms with van der Waals surface area (Å²) < 4.78 is 15.2. The van der Waals surface area contributed by atoms with E-state index in [4.69, 9.17) is 13.9 Å². The van der Waals surface area contributed by atoms with Crippen molar-refractivity contribution in [2.75, 3.05) is 0 Å². The van der Waals surface area contributed by atoms with Gasteiger partial charge in [0, 0.05) is 13.0 Å². The first-order chi connectivity index (χ1) is 9.38. The molecule has 0 bridgehead atoms. The number of benzene rings is 1. The van der Waals surface area contributed by atoms with Crippen molar-refractivity contribution in [1.82, 2.24) is 0 Å². The molecule has 6 nitrogen and oxygen atoms in total. The van der Waals surface area contributed by atoms with Crippen molar-refractivity contribution >= 4 is 16.9 Å². The van der Waals surface area contributed by atoms with Crippen LogP contribution in [0.25, 0.3) is 11.0 Å². The highest BCUT2D eigenvalue weighted by atomic mass is 16.5. The van der Waals surface area contributed by atoms with E-state index in [-0.39, 0.29) is 28.9 Å². The number of hydrogen-bond donors (Lipinski definition) is 1. The van der Waals surface area contributed by atoms with Gasteiger partial charge in [0.15, 0.2) is 5.75 Å². The van der Waals surface area contributed by atoms with Crippen molar-refractivity contribution in [2.24, 2.45) is 0 Å². The first-order valence-electron chi connectivity index (χ1n) is 6.03. The van der Waals surface area contributed by atoms with E-state index in [1.54, 1.807) is 13.8 Å². The molecular weight excluding hydrogens is 264 g/mol. The number of carbonyl (C=O) groups is 1. The summed E-state index contributed by atoms with van der Waals surface area (Å²) in [5.74, 6) is -0.784. The molecule has 20 heavy (non-hydrogen) atoms. The number of carbonyl (C=O) groups excluding carboxylic acids is 1. The molecule has 0 radical (unpaired) electrons. The second kappa shape index (κ2) is 5.24. The monoisotopic (exact) mass is 278 g/mol. The van der Waals surface area contributed by atoms with Gasteiger partial charge < -0.3 is 19.0 Å². The van der Waals surface area contributed by atoms with Gasteiger partial charge in [-0.2, -0.15) is 0 Å². The molecule has 1 heterocycles. The molecule has 0 unspecified atom stereocenters. The predicted molar refractivity (Wildman–Crippen MR) is 71.2 cm³/mol. The molecule has 106 valence electrons. The Hall–Kier alpha value is -2.50. The summed E-state index contributed by atoms with van der Waals surface area (Å²) in [6.07, 6.45) is -0.276. The largest absolute Gasteiger partial charge is 0.504 e. The topological polar surface area (TPSA) is 86.0 Å². The summed E-state index contributed by atoms with van der Waals surface area (Å²) >= 11 is 0. The number of hydrogen-bond acceptors (Lipinski definition) is 6. The number of aromatic hydroxyl groups is 1. The van der Waals surface area contributed by atoms with Crippen LogP contribution in [0.15, 0.2) is 27.4 Å². The zero-order valence-electron chi connectivity index (χ0n) is 11.3. The number of esters is 1. The lowest BCUT2D eigenvalue weighted by atomic mass is 10.2. The fourth-order valence-corrected chi connectivity index (χ4v) is 1.72. The molecule has 0 saturated carbocycles. The quantitative estimate of drug-likeness (QED) is 0.526. The number of rotatable bonds is 3. The molecule has 0 amide bonds. The fourth-order valence-electron chi connectivity index (χ4n) is 1.72. The molecule has 2 rings (SSSR count). The second-order valence-electron chi connectivity index (χ2n) is 4.49. The number of ether oxygens (including phenoxy) is 2. The maximum absolute atomic E-state index is 11.8. The first-order valence-corrected chi connectivity index (χ1v) is 6.03. The minimum Gasteiger partial charge on any atom is -0.504 e. The highest BCUT2D eigenvalue weighted by molar-refractivity contribution is 5.86. The first kappa shape index (κ1) is 13.9. The Bertz CT molecular complexity index is 713. The maximum atomic E-state index is 11.8. The van der Waals surface area contributed by atoms with Gasteiger partial charge in [-0.3, -0.25) is 4.79 Å². The predicted octanol–water partition coefficient (Wildman–Crippen LogP) is 2.21. The van der Waals surface area contributed by atoms with Gasteiger partial charge in [0.25, 0.3) is 0 Å². The smallest absolute Gasteiger partial charge is 0.383 e. The highest BCUT2D eigenvalue weighted by Gasteiger charge is 2.17. The van der Waals surface area contributed by atoms with Crippen molar-refractivity contribution in [3.8, 4) is 17.2 Å². The van der Waals surface area contributed by atoms with Crippen LogP contribution in [-0.4, -0.2) is 17.2 Å². The molecule has 0 fully saturated rings. The standard InChI is InChI=1S/C14H14O6/c1-7(2)18-13-12(16)10-5-4-9(19-8(3)15)6-11(10)20-14(13)17/h4-7,16H,1-3H3. The molecular formula is C14H14O6. The van der Waals surface area contributed by atoms with E-state index in [0.29, 0.717) is 5.39 Å². The Morgan fingerprint density at radius 1 is 1.35 bits per heavy atom. The van der Waals surface area contributed by atoms with Crippen molar-refractivity contribution in [3.63, 3.8) is 0 Å². The van der Waals surface area contributed by atoms with Crippen LogP contribution in [0, 0.1) is 0 Å². The molecule has 1 aromatic heterocycles. The van der Waals surface area contributed by atoms with Gasteiger partial charge in [0.1, 0.15) is 11.3 Å². The SMILES string of the molecule is CC(=O)Oc1ccc2c(O)c(OC(C)C)c(=O)oc2c1. The molecule has 0 saturated heterocycles. The highest BCUT2D eigenvalue weighted by Crippen LogP contribution is 2.33. The van der Waals surface area contributed by atoms with Crippen LogP contribution in [0.4, 0.5) is 0 Å². The van der Waals surface area contributed by atoms with Crippen LogP contribution in [0.3, 0.4) is 0 Å². The lowest BCUT2D eigenvalue weighted by Gasteiger charge is -2.11. The molecule has 0 atom stereocenters. The second-order valence-corrected chi connectivity index (χ2v) is 4.49. The Kier molecular flexibility index (Phi) is 3.65. The van der Waals surface area contributed by atoms with Gasteiger partial charge in [-0.15, -0.1) is 0 Å². The summed E-state index contributed by atoms with van der Waals surface area (Å²) in [4.78, 5) is 22.6. The lowest BCUT2D eigenvalue weighted by molar-refractivity contribution is -0.131. The van der Waals surface area contributed by atoms with Crippen LogP contribution in [-0.2, 0) is 4.79 Å². The van der Waals surface area contributed by atoms with Gasteiger partial charge >= 0.3 is 11.6 Å². The Labute approximate surface area is 114 Å². The van der Waals surface area contributed by atoms with Crippen LogP contribution < -0.4 is 15.1 Å². The van der Waals surface area contributed by atoms with Crippen LogP contribution in [0.1, 0.15) is 20.8 Å². The molecule has 0 aliphatic heterocycles. The van der Waals surface area contributed by atoms with E-state index < -0.39 is 11.6 Å². The molecule has 0 aliphatic rings. The van der Waals surface area contributed by atoms with Gasteiger partial charge in [0.05, 0.1) is 11.5 Å². The summed E-state index contributed by atoms with van der Waals surface area (Å²) in [5.41, 5.74) is -0.675. The van der Waals surface area contributed by atoms with Crippen molar-refractivity contribution in [2.45, 2.75) is 26.9 Å². The molecule has 1 aromatic carbocycles. The fraction of sp³-hybridized carbons (Fsp3) is 0.286. The molecule has 0 spiro atoms. The van der Waals surface area contributed by atoms with E-state index in [1.165, 1.54) is 25.1 Å². The van der Waals surface area contributed by atoms with E-state index in [1.807, 2.05) is 0 Å². The molecule has 2 aromatic rings. The van der Waals surface area contributed by atoms with Crippen LogP contribution >= 0.6 is 0 Å². The van der Waals surface area contributed by atoms with Crippen LogP contribution in [0.2, 0.25) is 0 Å². The van der Waals surface area contributed by atoms with E-state index in [2.05, 4.69) is 0 Å². The van der Waals surface area contributed by atoms with E-state index in [9.17, 15) is 14.7 Å². The lowest BCUT2D eigenvalue weighted by Crippen LogP contribution is -2.13. The normalized spacial score (nSPS) is 10.8. The zero-order valence-corrected chi connectivity index (χ0v) is 11.3. The maximum Gasteiger partial charge on any atom is 0.383 e. The Morgan fingerprint density at radius 3 is 2.65 bits per heavy atom. The summed E-state index contributed by atoms with van der Waals surface area (Å²) in [6, 6.07) is 4.33. The third-order valence-corrected chi connectivity index (χ3v) is 2.43. The van der Waals surface area contributed by atoms with Gasteiger partial charge in [-0.05, 0) is 26.0 Å². The van der Waals surface area contributed by atoms with Crippen molar-refractivity contribution < 1.29 is 23.8 Å². The van der Waals surface area contributed by atoms with Gasteiger partial charge in [-0.25, -0.2) is 4.79 Å². The summed E-state index contributed by atoms with van der Waals surface area (Å²) in [7, 11) is 0. The van der Waals surface area contributed by atoms with E-state index in [0.717, 1.165) is 0 Å². The summed E-state index contributed by atoms with van der Waals surface area (Å²) in [6.45, 7) is 4.72. The zero-order chi connectivity index (χ0) is 14.9. The Morgan fingerprint density at radius 2 is 2.05 bits per heavy atom. The third-order valence-electron chi connectivity index (χ3n) is 2.43. The minimum atomic E-state index is -0.788. The third kappa shape index (κ3) is 2.74. The molecule has 6 heteroatoms. The minimum absolute atomic E-state index is 0.113. The van der Waals surface area contributed by atoms with Crippen molar-refractivity contribution in [1.29, 1.82) is 0 Å². The van der Waals surface area contributed by atoms with Gasteiger partial charge in [-0.1, -0.05) is 0 Å². The van der Waals surface area contributed by atoms with Crippen LogP contribution in [0.5, 0.6) is 17.2 Å². The Balaban J connectivity index is 2.57. The van der Waals surface area contributed by atoms with Gasteiger partial charge in [0.2, 0.25) is 5.75 Å². The molecule has 0 aliphatic carbocycles. The number of fused-ring (bicyclic) bond motifs is 1. The summed E-state index contributed by atoms with van der Waals surface area (Å²) in [5, 5.41) is 10.4. The average molecular weight is 278 g/mol. The molecule has 1 N–H and O–H groups in total.